The smallest absolute Gasteiger partial charge is 0.254 e. The van der Waals surface area contributed by atoms with Gasteiger partial charge < -0.3 is 9.64 Å². The van der Waals surface area contributed by atoms with Crippen molar-refractivity contribution in [3.63, 3.8) is 0 Å². The molecule has 0 aromatic heterocycles. The van der Waals surface area contributed by atoms with Gasteiger partial charge in [0, 0.05) is 36.7 Å². The van der Waals surface area contributed by atoms with E-state index in [1.807, 2.05) is 30.5 Å². The summed E-state index contributed by atoms with van der Waals surface area (Å²) in [6.45, 7) is 0.844. The van der Waals surface area contributed by atoms with Crippen LogP contribution in [-0.4, -0.2) is 36.7 Å². The average molecular weight is 451 g/mol. The molecule has 1 saturated heterocycles. The van der Waals surface area contributed by atoms with E-state index in [1.54, 1.807) is 7.11 Å². The second kappa shape index (κ2) is 8.75. The number of nitrogens with zero attached hydrogens (tertiary/aromatic N) is 2. The Balaban J connectivity index is 1.30. The Labute approximate surface area is 201 Å². The molecule has 4 nitrogen and oxygen atoms in total. The second-order valence-corrected chi connectivity index (χ2v) is 9.73. The first-order chi connectivity index (χ1) is 16.7. The highest BCUT2D eigenvalue weighted by atomic mass is 16.5. The Morgan fingerprint density at radius 3 is 2.79 bits per heavy atom. The van der Waals surface area contributed by atoms with Gasteiger partial charge in [-0.3, -0.25) is 9.79 Å². The fourth-order valence-corrected chi connectivity index (χ4v) is 6.18. The lowest BCUT2D eigenvalue weighted by Crippen LogP contribution is -2.49. The molecule has 4 heteroatoms. The fraction of sp³-hybridized carbons (Fsp3) is 0.333. The first kappa shape index (κ1) is 21.2. The van der Waals surface area contributed by atoms with Crippen LogP contribution in [0.2, 0.25) is 0 Å². The molecule has 0 radical (unpaired) electrons. The molecule has 3 aliphatic rings. The topological polar surface area (TPSA) is 41.9 Å². The first-order valence-corrected chi connectivity index (χ1v) is 12.4. The van der Waals surface area contributed by atoms with Gasteiger partial charge in [-0.1, -0.05) is 36.4 Å². The van der Waals surface area contributed by atoms with Gasteiger partial charge >= 0.3 is 0 Å². The molecule has 1 amide bonds. The van der Waals surface area contributed by atoms with Crippen LogP contribution in [0.25, 0.3) is 0 Å². The number of methoxy groups -OCH3 is 1. The van der Waals surface area contributed by atoms with Gasteiger partial charge in [0.05, 0.1) is 12.8 Å². The lowest BCUT2D eigenvalue weighted by atomic mass is 9.72. The summed E-state index contributed by atoms with van der Waals surface area (Å²) in [4.78, 5) is 20.3. The van der Waals surface area contributed by atoms with E-state index in [0.717, 1.165) is 62.1 Å². The van der Waals surface area contributed by atoms with E-state index in [0.29, 0.717) is 5.92 Å². The third-order valence-corrected chi connectivity index (χ3v) is 7.83. The van der Waals surface area contributed by atoms with Crippen LogP contribution in [-0.2, 0) is 19.3 Å². The van der Waals surface area contributed by atoms with Crippen LogP contribution >= 0.6 is 0 Å². The molecule has 3 aromatic carbocycles. The molecule has 1 aliphatic carbocycles. The zero-order valence-corrected chi connectivity index (χ0v) is 19.7. The largest absolute Gasteiger partial charge is 0.497 e. The lowest BCUT2D eigenvalue weighted by Gasteiger charge is -2.45. The van der Waals surface area contributed by atoms with Gasteiger partial charge in [0.25, 0.3) is 5.91 Å². The molecule has 1 fully saturated rings. The summed E-state index contributed by atoms with van der Waals surface area (Å²) in [6, 6.07) is 21.5. The monoisotopic (exact) mass is 450 g/mol. The summed E-state index contributed by atoms with van der Waals surface area (Å²) < 4.78 is 5.33. The van der Waals surface area contributed by atoms with Crippen molar-refractivity contribution in [3.8, 4) is 5.75 Å². The Morgan fingerprint density at radius 1 is 1.06 bits per heavy atom. The molecule has 2 heterocycles. The molecule has 0 bridgehead atoms. The van der Waals surface area contributed by atoms with Crippen molar-refractivity contribution in [2.75, 3.05) is 13.7 Å². The van der Waals surface area contributed by atoms with Crippen molar-refractivity contribution in [3.05, 3.63) is 94.0 Å². The number of aryl methyl sites for hydroxylation is 1. The molecule has 34 heavy (non-hydrogen) atoms. The minimum atomic E-state index is 0.163. The summed E-state index contributed by atoms with van der Waals surface area (Å²) in [5.74, 6) is 1.46. The molecule has 0 N–H and O–H groups in total. The van der Waals surface area contributed by atoms with Crippen LogP contribution in [0, 0.1) is 0 Å². The molecule has 172 valence electrons. The molecular weight excluding hydrogens is 420 g/mol. The SMILES string of the molecule is COc1ccc(Cc2cccc3c2C2CCCN(C(=O)c4ccc5c(c4)N=CC5)[C@H]2CC3)cc1. The quantitative estimate of drug-likeness (QED) is 0.498. The molecule has 0 saturated carbocycles. The predicted octanol–water partition coefficient (Wildman–Crippen LogP) is 5.88. The summed E-state index contributed by atoms with van der Waals surface area (Å²) in [6.07, 6.45) is 7.98. The van der Waals surface area contributed by atoms with Crippen molar-refractivity contribution in [1.82, 2.24) is 4.90 Å². The van der Waals surface area contributed by atoms with E-state index >= 15 is 0 Å². The molecule has 2 atom stereocenters. The predicted molar refractivity (Wildman–Crippen MR) is 136 cm³/mol. The van der Waals surface area contributed by atoms with Crippen LogP contribution in [0.4, 0.5) is 5.69 Å². The van der Waals surface area contributed by atoms with E-state index < -0.39 is 0 Å². The lowest BCUT2D eigenvalue weighted by molar-refractivity contribution is 0.0546. The van der Waals surface area contributed by atoms with Crippen molar-refractivity contribution in [1.29, 1.82) is 0 Å². The molecule has 0 spiro atoms. The Kier molecular flexibility index (Phi) is 5.44. The molecule has 2 aliphatic heterocycles. The van der Waals surface area contributed by atoms with Crippen molar-refractivity contribution >= 4 is 17.8 Å². The van der Waals surface area contributed by atoms with E-state index in [2.05, 4.69) is 46.3 Å². The van der Waals surface area contributed by atoms with Gasteiger partial charge in [-0.2, -0.15) is 0 Å². The number of ether oxygens (including phenoxy) is 1. The molecule has 1 unspecified atom stereocenters. The number of carbonyl (C=O) groups is 1. The zero-order chi connectivity index (χ0) is 23.1. The maximum absolute atomic E-state index is 13.7. The number of carbonyl (C=O) groups excluding carboxylic acids is 1. The van der Waals surface area contributed by atoms with Gasteiger partial charge in [0.1, 0.15) is 5.75 Å². The van der Waals surface area contributed by atoms with Gasteiger partial charge in [0.2, 0.25) is 0 Å². The van der Waals surface area contributed by atoms with Gasteiger partial charge in [0.15, 0.2) is 0 Å². The van der Waals surface area contributed by atoms with Crippen molar-refractivity contribution < 1.29 is 9.53 Å². The van der Waals surface area contributed by atoms with Gasteiger partial charge in [-0.15, -0.1) is 0 Å². The summed E-state index contributed by atoms with van der Waals surface area (Å²) >= 11 is 0. The maximum atomic E-state index is 13.7. The second-order valence-electron chi connectivity index (χ2n) is 9.73. The third kappa shape index (κ3) is 3.71. The summed E-state index contributed by atoms with van der Waals surface area (Å²) in [7, 11) is 1.70. The van der Waals surface area contributed by atoms with E-state index in [-0.39, 0.29) is 11.9 Å². The van der Waals surface area contributed by atoms with Crippen LogP contribution in [0.15, 0.2) is 65.7 Å². The normalized spacial score (nSPS) is 20.4. The van der Waals surface area contributed by atoms with Crippen LogP contribution in [0.5, 0.6) is 5.75 Å². The molecule has 6 rings (SSSR count). The van der Waals surface area contributed by atoms with Gasteiger partial charge in [-0.05, 0) is 84.2 Å². The number of rotatable bonds is 4. The minimum Gasteiger partial charge on any atom is -0.497 e. The molecule has 3 aromatic rings. The number of benzene rings is 3. The number of piperidine rings is 1. The highest BCUT2D eigenvalue weighted by molar-refractivity contribution is 5.96. The number of amides is 1. The van der Waals surface area contributed by atoms with Gasteiger partial charge in [-0.25, -0.2) is 0 Å². The zero-order valence-electron chi connectivity index (χ0n) is 19.7. The summed E-state index contributed by atoms with van der Waals surface area (Å²) in [5, 5.41) is 0. The fourth-order valence-electron chi connectivity index (χ4n) is 6.18. The van der Waals surface area contributed by atoms with E-state index in [4.69, 9.17) is 4.74 Å². The number of hydrogen-bond donors (Lipinski definition) is 0. The minimum absolute atomic E-state index is 0.163. The Morgan fingerprint density at radius 2 is 1.94 bits per heavy atom. The van der Waals surface area contributed by atoms with E-state index in [1.165, 1.54) is 27.8 Å². The van der Waals surface area contributed by atoms with Crippen LogP contribution in [0.3, 0.4) is 0 Å². The Hall–Kier alpha value is -3.40. The van der Waals surface area contributed by atoms with Crippen LogP contribution in [0.1, 0.15) is 63.4 Å². The number of hydrogen-bond acceptors (Lipinski definition) is 3. The van der Waals surface area contributed by atoms with Crippen molar-refractivity contribution in [2.45, 2.75) is 50.5 Å². The average Bonchev–Trinajstić information content (AvgIpc) is 3.36. The Bertz CT molecular complexity index is 1260. The standard InChI is InChI=1S/C30H30N2O2/c1-34-25-12-7-20(8-13-25)18-23-5-2-4-22-11-14-28-26(29(22)23)6-3-17-32(28)30(33)24-10-9-21-15-16-31-27(21)19-24/h2,4-5,7-10,12-13,16,19,26,28H,3,6,11,14-15,17-18H2,1H3/t26?,28-/m0/s1. The van der Waals surface area contributed by atoms with E-state index in [9.17, 15) is 4.79 Å². The highest BCUT2D eigenvalue weighted by Gasteiger charge is 2.39. The number of likely N-dealkylation sites (tertiary alicyclic amines) is 1. The van der Waals surface area contributed by atoms with Crippen LogP contribution < -0.4 is 4.74 Å². The van der Waals surface area contributed by atoms with Crippen molar-refractivity contribution in [2.24, 2.45) is 4.99 Å². The maximum Gasteiger partial charge on any atom is 0.254 e. The first-order valence-electron chi connectivity index (χ1n) is 12.4. The third-order valence-electron chi connectivity index (χ3n) is 7.83. The number of fused-ring (bicyclic) bond motifs is 4. The molecular formula is C30H30N2O2. The highest BCUT2D eigenvalue weighted by Crippen LogP contribution is 2.43. The number of aliphatic imine (C=N–C) groups is 1. The summed E-state index contributed by atoms with van der Waals surface area (Å²) in [5.41, 5.74) is 8.59.